The highest BCUT2D eigenvalue weighted by molar-refractivity contribution is 6.35. The first-order chi connectivity index (χ1) is 12.3. The molecule has 0 atom stereocenters. The van der Waals surface area contributed by atoms with Crippen LogP contribution >= 0.6 is 11.6 Å². The first-order valence-electron chi connectivity index (χ1n) is 8.22. The number of rotatable bonds is 6. The fourth-order valence-corrected chi connectivity index (χ4v) is 2.49. The Hall–Kier alpha value is -2.54. The number of nitrogens with one attached hydrogen (secondary N) is 2. The number of esters is 1. The molecule has 2 rings (SSSR count). The number of imide groups is 1. The standard InChI is InChI=1S/C18H21ClN2O5/c1-10(2)7-8-20-18(24)21-14(22)9-25-17(23)15-11(3)12-5-4-6-13(19)16(12)26-15/h4-6,10H,7-9H2,1-3H3,(H2,20,21,22,24). The molecule has 0 unspecified atom stereocenters. The van der Waals surface area contributed by atoms with E-state index in [2.05, 4.69) is 10.6 Å². The lowest BCUT2D eigenvalue weighted by Gasteiger charge is -2.08. The quantitative estimate of drug-likeness (QED) is 0.748. The molecule has 0 aliphatic rings. The van der Waals surface area contributed by atoms with E-state index < -0.39 is 24.5 Å². The molecule has 0 fully saturated rings. The summed E-state index contributed by atoms with van der Waals surface area (Å²) in [6.45, 7) is 5.60. The summed E-state index contributed by atoms with van der Waals surface area (Å²) in [5.41, 5.74) is 0.951. The second-order valence-corrected chi connectivity index (χ2v) is 6.64. The van der Waals surface area contributed by atoms with Gasteiger partial charge < -0.3 is 14.5 Å². The van der Waals surface area contributed by atoms with E-state index in [1.807, 2.05) is 13.8 Å². The average Bonchev–Trinajstić information content (AvgIpc) is 2.91. The number of amides is 3. The molecule has 0 bridgehead atoms. The van der Waals surface area contributed by atoms with Crippen molar-refractivity contribution in [1.29, 1.82) is 0 Å². The van der Waals surface area contributed by atoms with Crippen molar-refractivity contribution in [2.75, 3.05) is 13.2 Å². The van der Waals surface area contributed by atoms with Crippen molar-refractivity contribution in [3.63, 3.8) is 0 Å². The summed E-state index contributed by atoms with van der Waals surface area (Å²) in [4.78, 5) is 35.4. The Morgan fingerprint density at radius 3 is 2.65 bits per heavy atom. The highest BCUT2D eigenvalue weighted by atomic mass is 35.5. The number of fused-ring (bicyclic) bond motifs is 1. The number of ether oxygens (including phenoxy) is 1. The van der Waals surface area contributed by atoms with Crippen LogP contribution in [0.2, 0.25) is 5.02 Å². The average molecular weight is 381 g/mol. The Labute approximate surface area is 156 Å². The number of furan rings is 1. The van der Waals surface area contributed by atoms with Gasteiger partial charge in [0.1, 0.15) is 0 Å². The van der Waals surface area contributed by atoms with E-state index in [4.69, 9.17) is 20.8 Å². The lowest BCUT2D eigenvalue weighted by atomic mass is 10.1. The molecule has 1 aromatic heterocycles. The van der Waals surface area contributed by atoms with E-state index in [9.17, 15) is 14.4 Å². The molecule has 0 spiro atoms. The summed E-state index contributed by atoms with van der Waals surface area (Å²) in [6, 6.07) is 4.53. The van der Waals surface area contributed by atoms with Gasteiger partial charge in [0.25, 0.3) is 5.91 Å². The van der Waals surface area contributed by atoms with Gasteiger partial charge in [0.15, 0.2) is 12.2 Å². The number of aryl methyl sites for hydroxylation is 1. The Morgan fingerprint density at radius 2 is 2.00 bits per heavy atom. The highest BCUT2D eigenvalue weighted by Gasteiger charge is 2.21. The van der Waals surface area contributed by atoms with Gasteiger partial charge in [-0.3, -0.25) is 10.1 Å². The van der Waals surface area contributed by atoms with Crippen LogP contribution in [0.1, 0.15) is 36.4 Å². The van der Waals surface area contributed by atoms with Gasteiger partial charge in [0.05, 0.1) is 5.02 Å². The first-order valence-corrected chi connectivity index (χ1v) is 8.59. The molecule has 26 heavy (non-hydrogen) atoms. The zero-order chi connectivity index (χ0) is 19.3. The zero-order valence-corrected chi connectivity index (χ0v) is 15.6. The largest absolute Gasteiger partial charge is 0.450 e. The van der Waals surface area contributed by atoms with Crippen molar-refractivity contribution in [2.45, 2.75) is 27.2 Å². The number of carbonyl (C=O) groups excluding carboxylic acids is 3. The van der Waals surface area contributed by atoms with Crippen molar-refractivity contribution in [3.05, 3.63) is 34.5 Å². The first kappa shape index (κ1) is 19.8. The minimum absolute atomic E-state index is 0.0257. The molecule has 140 valence electrons. The van der Waals surface area contributed by atoms with E-state index >= 15 is 0 Å². The molecule has 0 saturated carbocycles. The molecule has 0 radical (unpaired) electrons. The van der Waals surface area contributed by atoms with Crippen molar-refractivity contribution >= 4 is 40.5 Å². The number of carbonyl (C=O) groups is 3. The fraction of sp³-hybridized carbons (Fsp3) is 0.389. The molecule has 8 heteroatoms. The molecule has 3 amide bonds. The Balaban J connectivity index is 1.88. The second kappa shape index (κ2) is 8.71. The topological polar surface area (TPSA) is 97.6 Å². The highest BCUT2D eigenvalue weighted by Crippen LogP contribution is 2.30. The van der Waals surface area contributed by atoms with Gasteiger partial charge in [0.2, 0.25) is 5.76 Å². The Morgan fingerprint density at radius 1 is 1.27 bits per heavy atom. The van der Waals surface area contributed by atoms with Gasteiger partial charge in [-0.1, -0.05) is 37.6 Å². The van der Waals surface area contributed by atoms with Crippen LogP contribution < -0.4 is 10.6 Å². The number of hydrogen-bond donors (Lipinski definition) is 2. The molecule has 2 aromatic rings. The fourth-order valence-electron chi connectivity index (χ4n) is 2.28. The minimum Gasteiger partial charge on any atom is -0.450 e. The lowest BCUT2D eigenvalue weighted by Crippen LogP contribution is -2.42. The molecule has 2 N–H and O–H groups in total. The molecule has 0 aliphatic carbocycles. The van der Waals surface area contributed by atoms with E-state index in [-0.39, 0.29) is 5.76 Å². The predicted molar refractivity (Wildman–Crippen MR) is 97.2 cm³/mol. The second-order valence-electron chi connectivity index (χ2n) is 6.24. The minimum atomic E-state index is -0.801. The maximum absolute atomic E-state index is 12.1. The molecular weight excluding hydrogens is 360 g/mol. The normalized spacial score (nSPS) is 10.8. The van der Waals surface area contributed by atoms with Crippen LogP contribution in [-0.2, 0) is 9.53 Å². The molecular formula is C18H21ClN2O5. The van der Waals surface area contributed by atoms with Crippen molar-refractivity contribution in [3.8, 4) is 0 Å². The number of halogens is 1. The lowest BCUT2D eigenvalue weighted by molar-refractivity contribution is -0.123. The third kappa shape index (κ3) is 4.98. The van der Waals surface area contributed by atoms with Crippen LogP contribution in [0.3, 0.4) is 0 Å². The van der Waals surface area contributed by atoms with Crippen LogP contribution in [0.5, 0.6) is 0 Å². The van der Waals surface area contributed by atoms with Crippen molar-refractivity contribution in [2.24, 2.45) is 5.92 Å². The molecule has 0 saturated heterocycles. The maximum Gasteiger partial charge on any atom is 0.375 e. The predicted octanol–water partition coefficient (Wildman–Crippen LogP) is 3.42. The van der Waals surface area contributed by atoms with Crippen molar-refractivity contribution < 1.29 is 23.5 Å². The van der Waals surface area contributed by atoms with Gasteiger partial charge in [0, 0.05) is 17.5 Å². The summed E-state index contributed by atoms with van der Waals surface area (Å²) in [5, 5.41) is 5.71. The molecule has 1 heterocycles. The number of urea groups is 1. The summed E-state index contributed by atoms with van der Waals surface area (Å²) in [7, 11) is 0. The van der Waals surface area contributed by atoms with Gasteiger partial charge in [-0.2, -0.15) is 0 Å². The van der Waals surface area contributed by atoms with E-state index in [1.165, 1.54) is 0 Å². The molecule has 1 aromatic carbocycles. The molecule has 0 aliphatic heterocycles. The number of para-hydroxylation sites is 1. The van der Waals surface area contributed by atoms with E-state index in [1.54, 1.807) is 25.1 Å². The third-order valence-corrected chi connectivity index (χ3v) is 3.99. The van der Waals surface area contributed by atoms with Gasteiger partial charge in [-0.25, -0.2) is 9.59 Å². The zero-order valence-electron chi connectivity index (χ0n) is 14.8. The van der Waals surface area contributed by atoms with E-state index in [0.717, 1.165) is 6.42 Å². The van der Waals surface area contributed by atoms with Gasteiger partial charge >= 0.3 is 12.0 Å². The number of benzene rings is 1. The SMILES string of the molecule is Cc1c(C(=O)OCC(=O)NC(=O)NCCC(C)C)oc2c(Cl)cccc12. The third-order valence-electron chi connectivity index (χ3n) is 3.70. The summed E-state index contributed by atoms with van der Waals surface area (Å²) < 4.78 is 10.4. The van der Waals surface area contributed by atoms with Crippen LogP contribution in [0.25, 0.3) is 11.0 Å². The summed E-state index contributed by atoms with van der Waals surface area (Å²) >= 11 is 6.04. The van der Waals surface area contributed by atoms with Gasteiger partial charge in [-0.05, 0) is 25.3 Å². The Bertz CT molecular complexity index is 828. The van der Waals surface area contributed by atoms with E-state index in [0.29, 0.717) is 34.0 Å². The Kier molecular flexibility index (Phi) is 6.63. The maximum atomic E-state index is 12.1. The van der Waals surface area contributed by atoms with Crippen LogP contribution in [0, 0.1) is 12.8 Å². The number of hydrogen-bond acceptors (Lipinski definition) is 5. The summed E-state index contributed by atoms with van der Waals surface area (Å²) in [6.07, 6.45) is 0.796. The van der Waals surface area contributed by atoms with Crippen LogP contribution in [0.4, 0.5) is 4.79 Å². The van der Waals surface area contributed by atoms with Gasteiger partial charge in [-0.15, -0.1) is 0 Å². The van der Waals surface area contributed by atoms with Crippen LogP contribution in [0.15, 0.2) is 22.6 Å². The van der Waals surface area contributed by atoms with Crippen molar-refractivity contribution in [1.82, 2.24) is 10.6 Å². The smallest absolute Gasteiger partial charge is 0.375 e. The summed E-state index contributed by atoms with van der Waals surface area (Å²) in [5.74, 6) is -1.12. The molecule has 7 nitrogen and oxygen atoms in total. The monoisotopic (exact) mass is 380 g/mol. The van der Waals surface area contributed by atoms with Crippen LogP contribution in [-0.4, -0.2) is 31.1 Å².